The van der Waals surface area contributed by atoms with Crippen molar-refractivity contribution < 1.29 is 8.42 Å². The van der Waals surface area contributed by atoms with E-state index >= 15 is 0 Å². The zero-order valence-corrected chi connectivity index (χ0v) is 10.9. The van der Waals surface area contributed by atoms with Gasteiger partial charge in [-0.3, -0.25) is 0 Å². The lowest BCUT2D eigenvalue weighted by Crippen LogP contribution is -2.40. The molecule has 0 amide bonds. The van der Waals surface area contributed by atoms with Crippen molar-refractivity contribution in [3.05, 3.63) is 42.5 Å². The molecule has 0 aliphatic heterocycles. The van der Waals surface area contributed by atoms with Gasteiger partial charge in [0.15, 0.2) is 9.84 Å². The largest absolute Gasteiger partial charge is 0.223 e. The van der Waals surface area contributed by atoms with Gasteiger partial charge in [-0.2, -0.15) is 0 Å². The SMILES string of the molecule is O=S(=O)(c1ccccc1)[C@@]12C=C[C@H]3C1[C@H]3CCC2. The molecule has 4 atom stereocenters. The molecule has 0 bridgehead atoms. The van der Waals surface area contributed by atoms with Gasteiger partial charge in [0, 0.05) is 0 Å². The van der Waals surface area contributed by atoms with Crippen LogP contribution in [0.4, 0.5) is 0 Å². The molecule has 0 radical (unpaired) electrons. The number of allylic oxidation sites excluding steroid dienone is 1. The molecule has 3 heteroatoms. The molecular weight excluding hydrogens is 244 g/mol. The minimum absolute atomic E-state index is 0.372. The summed E-state index contributed by atoms with van der Waals surface area (Å²) in [4.78, 5) is 0.489. The predicted octanol–water partition coefficient (Wildman–Crippen LogP) is 2.82. The first-order valence-electron chi connectivity index (χ1n) is 6.66. The van der Waals surface area contributed by atoms with E-state index < -0.39 is 14.6 Å². The highest BCUT2D eigenvalue weighted by molar-refractivity contribution is 7.93. The molecule has 1 unspecified atom stereocenters. The minimum atomic E-state index is -3.23. The maximum atomic E-state index is 13.0. The quantitative estimate of drug-likeness (QED) is 0.766. The highest BCUT2D eigenvalue weighted by Gasteiger charge is 2.68. The van der Waals surface area contributed by atoms with Gasteiger partial charge in [0.05, 0.1) is 9.64 Å². The summed E-state index contributed by atoms with van der Waals surface area (Å²) in [5.41, 5.74) is 0. The van der Waals surface area contributed by atoms with E-state index in [1.165, 1.54) is 6.42 Å². The van der Waals surface area contributed by atoms with Crippen LogP contribution in [0.15, 0.2) is 47.4 Å². The molecule has 0 aromatic heterocycles. The summed E-state index contributed by atoms with van der Waals surface area (Å²) in [6.45, 7) is 0. The molecule has 94 valence electrons. The van der Waals surface area contributed by atoms with Crippen LogP contribution in [0, 0.1) is 17.8 Å². The van der Waals surface area contributed by atoms with Gasteiger partial charge in [-0.05, 0) is 42.7 Å². The highest BCUT2D eigenvalue weighted by atomic mass is 32.2. The average molecular weight is 260 g/mol. The second-order valence-corrected chi connectivity index (χ2v) is 8.03. The number of hydrogen-bond acceptors (Lipinski definition) is 2. The Kier molecular flexibility index (Phi) is 1.96. The van der Waals surface area contributed by atoms with Crippen molar-refractivity contribution in [1.82, 2.24) is 0 Å². The molecule has 0 N–H and O–H groups in total. The normalized spacial score (nSPS) is 40.6. The third-order valence-electron chi connectivity index (χ3n) is 5.05. The van der Waals surface area contributed by atoms with Crippen LogP contribution in [0.3, 0.4) is 0 Å². The molecule has 18 heavy (non-hydrogen) atoms. The maximum absolute atomic E-state index is 13.0. The third kappa shape index (κ3) is 1.11. The number of fused-ring (bicyclic) bond motifs is 1. The zero-order chi connectivity index (χ0) is 12.4. The first-order valence-corrected chi connectivity index (χ1v) is 8.14. The van der Waals surface area contributed by atoms with Crippen molar-refractivity contribution >= 4 is 9.84 Å². The van der Waals surface area contributed by atoms with E-state index in [2.05, 4.69) is 6.08 Å². The molecular formula is C15H16O2S. The summed E-state index contributed by atoms with van der Waals surface area (Å²) in [6.07, 6.45) is 7.23. The summed E-state index contributed by atoms with van der Waals surface area (Å²) in [5, 5.41) is 0. The lowest BCUT2D eigenvalue weighted by Gasteiger charge is -2.33. The van der Waals surface area contributed by atoms with E-state index in [0.29, 0.717) is 22.6 Å². The lowest BCUT2D eigenvalue weighted by molar-refractivity contribution is 0.405. The number of hydrogen-bond donors (Lipinski definition) is 0. The maximum Gasteiger partial charge on any atom is 0.187 e. The Balaban J connectivity index is 1.86. The fourth-order valence-corrected chi connectivity index (χ4v) is 6.51. The van der Waals surface area contributed by atoms with Gasteiger partial charge < -0.3 is 0 Å². The van der Waals surface area contributed by atoms with Crippen molar-refractivity contribution in [3.8, 4) is 0 Å². The molecule has 2 fully saturated rings. The average Bonchev–Trinajstić information content (AvgIpc) is 2.94. The van der Waals surface area contributed by atoms with Crippen LogP contribution in [-0.4, -0.2) is 13.2 Å². The topological polar surface area (TPSA) is 34.1 Å². The minimum Gasteiger partial charge on any atom is -0.223 e. The van der Waals surface area contributed by atoms with Crippen molar-refractivity contribution in [2.24, 2.45) is 17.8 Å². The van der Waals surface area contributed by atoms with Crippen molar-refractivity contribution in [3.63, 3.8) is 0 Å². The van der Waals surface area contributed by atoms with Crippen molar-refractivity contribution in [2.45, 2.75) is 28.9 Å². The van der Waals surface area contributed by atoms with Crippen LogP contribution in [-0.2, 0) is 9.84 Å². The first-order chi connectivity index (χ1) is 8.67. The number of sulfone groups is 1. The van der Waals surface area contributed by atoms with Crippen molar-refractivity contribution in [1.29, 1.82) is 0 Å². The Hall–Kier alpha value is -1.09. The van der Waals surface area contributed by atoms with Gasteiger partial charge in [-0.15, -0.1) is 0 Å². The van der Waals surface area contributed by atoms with Crippen LogP contribution in [0.1, 0.15) is 19.3 Å². The third-order valence-corrected chi connectivity index (χ3v) is 7.56. The monoisotopic (exact) mass is 260 g/mol. The molecule has 0 spiro atoms. The predicted molar refractivity (Wildman–Crippen MR) is 69.8 cm³/mol. The van der Waals surface area contributed by atoms with E-state index in [1.54, 1.807) is 12.1 Å². The summed E-state index contributed by atoms with van der Waals surface area (Å²) >= 11 is 0. The summed E-state index contributed by atoms with van der Waals surface area (Å²) in [5.74, 6) is 1.56. The van der Waals surface area contributed by atoms with Gasteiger partial charge >= 0.3 is 0 Å². The second kappa shape index (κ2) is 3.27. The molecule has 1 aromatic carbocycles. The summed E-state index contributed by atoms with van der Waals surface area (Å²) in [7, 11) is -3.23. The highest BCUT2D eigenvalue weighted by Crippen LogP contribution is 2.67. The van der Waals surface area contributed by atoms with Gasteiger partial charge in [0.1, 0.15) is 0 Å². The molecule has 1 aromatic rings. The molecule has 4 rings (SSSR count). The molecule has 2 nitrogen and oxygen atoms in total. The van der Waals surface area contributed by atoms with Crippen LogP contribution in [0.2, 0.25) is 0 Å². The summed E-state index contributed by atoms with van der Waals surface area (Å²) in [6, 6.07) is 8.96. The number of rotatable bonds is 2. The fourth-order valence-electron chi connectivity index (χ4n) is 4.19. The van der Waals surface area contributed by atoms with E-state index in [0.717, 1.165) is 12.8 Å². The Morgan fingerprint density at radius 1 is 1.17 bits per heavy atom. The molecule has 0 heterocycles. The van der Waals surface area contributed by atoms with Gasteiger partial charge in [0.2, 0.25) is 0 Å². The number of benzene rings is 1. The van der Waals surface area contributed by atoms with Crippen LogP contribution in [0.25, 0.3) is 0 Å². The van der Waals surface area contributed by atoms with E-state index in [4.69, 9.17) is 0 Å². The van der Waals surface area contributed by atoms with Crippen molar-refractivity contribution in [2.75, 3.05) is 0 Å². The Morgan fingerprint density at radius 3 is 2.72 bits per heavy atom. The summed E-state index contributed by atoms with van der Waals surface area (Å²) < 4.78 is 25.3. The Labute approximate surface area is 108 Å². The Morgan fingerprint density at radius 2 is 1.94 bits per heavy atom. The molecule has 2 saturated carbocycles. The molecule has 3 aliphatic rings. The smallest absolute Gasteiger partial charge is 0.187 e. The van der Waals surface area contributed by atoms with E-state index in [1.807, 2.05) is 24.3 Å². The van der Waals surface area contributed by atoms with Crippen LogP contribution >= 0.6 is 0 Å². The van der Waals surface area contributed by atoms with Crippen LogP contribution in [0.5, 0.6) is 0 Å². The zero-order valence-electron chi connectivity index (χ0n) is 10.1. The van der Waals surface area contributed by atoms with Gasteiger partial charge in [-0.25, -0.2) is 8.42 Å². The van der Waals surface area contributed by atoms with Gasteiger partial charge in [0.25, 0.3) is 0 Å². The standard InChI is InChI=1S/C15H16O2S/c16-18(17,11-5-2-1-3-6-11)15-9-4-7-12-13(8-10-15)14(12)15/h1-3,5-6,8,10,12-14H,4,7,9H2/t12-,13+,14?,15-/m0/s1. The van der Waals surface area contributed by atoms with Gasteiger partial charge in [-0.1, -0.05) is 36.8 Å². The second-order valence-electron chi connectivity index (χ2n) is 5.79. The molecule has 0 saturated heterocycles. The Bertz CT molecular complexity index is 617. The van der Waals surface area contributed by atoms with E-state index in [9.17, 15) is 8.42 Å². The fraction of sp³-hybridized carbons (Fsp3) is 0.467. The first kappa shape index (κ1) is 10.8. The van der Waals surface area contributed by atoms with Crippen LogP contribution < -0.4 is 0 Å². The van der Waals surface area contributed by atoms with E-state index in [-0.39, 0.29) is 0 Å². The molecule has 3 aliphatic carbocycles. The lowest BCUT2D eigenvalue weighted by atomic mass is 9.88.